The summed E-state index contributed by atoms with van der Waals surface area (Å²) < 4.78 is 10.8. The number of esters is 1. The van der Waals surface area contributed by atoms with Crippen molar-refractivity contribution in [1.82, 2.24) is 0 Å². The standard InChI is InChI=1S/C12H24O5Si/c1-11(2,3)18(5,6)16-7-8-9(13)12(4,15)10(14)17-8/h8-9,13,15H,7H2,1-6H3/t8-,9-,12+/m1/s1. The molecule has 1 aliphatic heterocycles. The third-order valence-corrected chi connectivity index (χ3v) is 8.52. The molecule has 0 aromatic carbocycles. The fraction of sp³-hybridized carbons (Fsp3) is 0.917. The van der Waals surface area contributed by atoms with Crippen molar-refractivity contribution < 1.29 is 24.2 Å². The average molecular weight is 276 g/mol. The van der Waals surface area contributed by atoms with Gasteiger partial charge in [-0.3, -0.25) is 0 Å². The van der Waals surface area contributed by atoms with Crippen molar-refractivity contribution in [2.45, 2.75) is 63.6 Å². The molecule has 0 unspecified atom stereocenters. The van der Waals surface area contributed by atoms with Gasteiger partial charge in [-0.25, -0.2) is 4.79 Å². The molecule has 18 heavy (non-hydrogen) atoms. The molecule has 0 saturated carbocycles. The normalized spacial score (nSPS) is 33.7. The molecule has 1 heterocycles. The van der Waals surface area contributed by atoms with Gasteiger partial charge in [0, 0.05) is 0 Å². The molecule has 1 fully saturated rings. The number of hydrogen-bond donors (Lipinski definition) is 2. The minimum Gasteiger partial charge on any atom is -0.455 e. The molecule has 6 heteroatoms. The van der Waals surface area contributed by atoms with Crippen molar-refractivity contribution in [1.29, 1.82) is 0 Å². The predicted molar refractivity (Wildman–Crippen MR) is 69.7 cm³/mol. The highest BCUT2D eigenvalue weighted by atomic mass is 28.4. The minimum absolute atomic E-state index is 0.0447. The van der Waals surface area contributed by atoms with Crippen LogP contribution in [0, 0.1) is 0 Å². The Morgan fingerprint density at radius 2 is 1.94 bits per heavy atom. The summed E-state index contributed by atoms with van der Waals surface area (Å²) >= 11 is 0. The van der Waals surface area contributed by atoms with E-state index in [-0.39, 0.29) is 11.6 Å². The van der Waals surface area contributed by atoms with Crippen LogP contribution in [0.4, 0.5) is 0 Å². The van der Waals surface area contributed by atoms with Gasteiger partial charge < -0.3 is 19.4 Å². The Morgan fingerprint density at radius 1 is 1.44 bits per heavy atom. The van der Waals surface area contributed by atoms with Gasteiger partial charge in [-0.1, -0.05) is 20.8 Å². The quantitative estimate of drug-likeness (QED) is 0.595. The summed E-state index contributed by atoms with van der Waals surface area (Å²) in [5.41, 5.74) is -1.83. The van der Waals surface area contributed by atoms with Gasteiger partial charge >= 0.3 is 5.97 Å². The SMILES string of the molecule is CC(C)(C)[Si](C)(C)OC[C@H]1OC(=O)[C@@](C)(O)[C@@H]1O. The van der Waals surface area contributed by atoms with E-state index in [1.54, 1.807) is 0 Å². The third-order valence-electron chi connectivity index (χ3n) is 4.01. The van der Waals surface area contributed by atoms with Gasteiger partial charge in [0.05, 0.1) is 6.61 Å². The molecule has 106 valence electrons. The van der Waals surface area contributed by atoms with E-state index in [0.717, 1.165) is 0 Å². The Kier molecular flexibility index (Phi) is 3.99. The largest absolute Gasteiger partial charge is 0.455 e. The van der Waals surface area contributed by atoms with Crippen LogP contribution in [0.1, 0.15) is 27.7 Å². The van der Waals surface area contributed by atoms with E-state index in [0.29, 0.717) is 0 Å². The van der Waals surface area contributed by atoms with E-state index in [9.17, 15) is 15.0 Å². The molecule has 1 rings (SSSR count). The van der Waals surface area contributed by atoms with Crippen LogP contribution >= 0.6 is 0 Å². The van der Waals surface area contributed by atoms with Crippen molar-refractivity contribution in [2.75, 3.05) is 6.61 Å². The van der Waals surface area contributed by atoms with Crippen LogP contribution in [0.3, 0.4) is 0 Å². The Bertz CT molecular complexity index is 332. The maximum atomic E-state index is 11.4. The van der Waals surface area contributed by atoms with Gasteiger partial charge in [0.25, 0.3) is 0 Å². The van der Waals surface area contributed by atoms with Crippen LogP contribution in [0.25, 0.3) is 0 Å². The number of aliphatic hydroxyl groups excluding tert-OH is 1. The highest BCUT2D eigenvalue weighted by Gasteiger charge is 2.53. The summed E-state index contributed by atoms with van der Waals surface area (Å²) in [5.74, 6) is -0.793. The summed E-state index contributed by atoms with van der Waals surface area (Å²) in [6.45, 7) is 11.8. The molecule has 0 bridgehead atoms. The molecular formula is C12H24O5Si. The van der Waals surface area contributed by atoms with Crippen LogP contribution < -0.4 is 0 Å². The molecule has 1 saturated heterocycles. The van der Waals surface area contributed by atoms with Crippen LogP contribution in [0.15, 0.2) is 0 Å². The van der Waals surface area contributed by atoms with Crippen LogP contribution in [0.2, 0.25) is 18.1 Å². The Labute approximate surface area is 109 Å². The molecule has 0 spiro atoms. The number of carbonyl (C=O) groups excluding carboxylic acids is 1. The van der Waals surface area contributed by atoms with E-state index >= 15 is 0 Å². The third kappa shape index (κ3) is 2.76. The van der Waals surface area contributed by atoms with E-state index in [1.165, 1.54) is 6.92 Å². The van der Waals surface area contributed by atoms with Gasteiger partial charge in [0.2, 0.25) is 0 Å². The molecule has 0 aliphatic carbocycles. The molecule has 0 aromatic rings. The molecule has 0 amide bonds. The molecule has 2 N–H and O–H groups in total. The first kappa shape index (κ1) is 15.6. The summed E-state index contributed by atoms with van der Waals surface area (Å²) in [6, 6.07) is 0. The Morgan fingerprint density at radius 3 is 2.28 bits per heavy atom. The van der Waals surface area contributed by atoms with Crippen molar-refractivity contribution >= 4 is 14.3 Å². The monoisotopic (exact) mass is 276 g/mol. The lowest BCUT2D eigenvalue weighted by Crippen LogP contribution is -2.47. The first-order valence-corrected chi connectivity index (χ1v) is 9.06. The Balaban J connectivity index is 2.64. The molecule has 0 radical (unpaired) electrons. The lowest BCUT2D eigenvalue weighted by molar-refractivity contribution is -0.155. The zero-order valence-corrected chi connectivity index (χ0v) is 13.0. The highest BCUT2D eigenvalue weighted by molar-refractivity contribution is 6.74. The van der Waals surface area contributed by atoms with Crippen molar-refractivity contribution in [3.8, 4) is 0 Å². The van der Waals surface area contributed by atoms with Crippen LogP contribution in [-0.2, 0) is 14.0 Å². The number of aliphatic hydroxyl groups is 2. The predicted octanol–water partition coefficient (Wildman–Crippen LogP) is 1.05. The van der Waals surface area contributed by atoms with E-state index in [1.807, 2.05) is 0 Å². The summed E-state index contributed by atoms with van der Waals surface area (Å²) in [7, 11) is -1.95. The van der Waals surface area contributed by atoms with Crippen molar-refractivity contribution in [3.05, 3.63) is 0 Å². The zero-order valence-electron chi connectivity index (χ0n) is 12.0. The van der Waals surface area contributed by atoms with E-state index < -0.39 is 32.1 Å². The number of carbonyl (C=O) groups is 1. The lowest BCUT2D eigenvalue weighted by Gasteiger charge is -2.37. The summed E-state index contributed by atoms with van der Waals surface area (Å²) in [5, 5.41) is 19.6. The number of cyclic esters (lactones) is 1. The second kappa shape index (κ2) is 4.59. The molecule has 1 aliphatic rings. The molecule has 3 atom stereocenters. The molecular weight excluding hydrogens is 252 g/mol. The molecule has 5 nitrogen and oxygen atoms in total. The van der Waals surface area contributed by atoms with Gasteiger partial charge in [-0.2, -0.15) is 0 Å². The second-order valence-corrected chi connectivity index (χ2v) is 11.4. The molecule has 0 aromatic heterocycles. The summed E-state index contributed by atoms with van der Waals surface area (Å²) in [6.07, 6.45) is -2.03. The highest BCUT2D eigenvalue weighted by Crippen LogP contribution is 2.37. The number of rotatable bonds is 3. The fourth-order valence-corrected chi connectivity index (χ4v) is 2.45. The van der Waals surface area contributed by atoms with Crippen molar-refractivity contribution in [2.24, 2.45) is 0 Å². The fourth-order valence-electron chi connectivity index (χ4n) is 1.44. The topological polar surface area (TPSA) is 76.0 Å². The van der Waals surface area contributed by atoms with Crippen LogP contribution in [0.5, 0.6) is 0 Å². The lowest BCUT2D eigenvalue weighted by atomic mass is 9.99. The van der Waals surface area contributed by atoms with Gasteiger partial charge in [0.15, 0.2) is 20.0 Å². The first-order valence-electron chi connectivity index (χ1n) is 6.15. The van der Waals surface area contributed by atoms with Gasteiger partial charge in [0.1, 0.15) is 6.10 Å². The zero-order chi connectivity index (χ0) is 14.4. The van der Waals surface area contributed by atoms with E-state index in [2.05, 4.69) is 33.9 Å². The van der Waals surface area contributed by atoms with Gasteiger partial charge in [-0.05, 0) is 25.1 Å². The van der Waals surface area contributed by atoms with Gasteiger partial charge in [-0.15, -0.1) is 0 Å². The maximum Gasteiger partial charge on any atom is 0.341 e. The van der Waals surface area contributed by atoms with Crippen LogP contribution in [-0.4, -0.2) is 48.9 Å². The number of ether oxygens (including phenoxy) is 1. The average Bonchev–Trinajstić information content (AvgIpc) is 2.38. The first-order chi connectivity index (χ1) is 7.89. The Hall–Kier alpha value is -0.433. The smallest absolute Gasteiger partial charge is 0.341 e. The summed E-state index contributed by atoms with van der Waals surface area (Å²) in [4.78, 5) is 11.4. The minimum atomic E-state index is -1.95. The van der Waals surface area contributed by atoms with E-state index in [4.69, 9.17) is 9.16 Å². The number of hydrogen-bond acceptors (Lipinski definition) is 5. The maximum absolute atomic E-state index is 11.4. The van der Waals surface area contributed by atoms with Crippen molar-refractivity contribution in [3.63, 3.8) is 0 Å². The second-order valence-electron chi connectivity index (χ2n) is 6.61.